The third-order valence-electron chi connectivity index (χ3n) is 6.67. The number of carbonyl (C=O) groups excluding carboxylic acids is 1. The van der Waals surface area contributed by atoms with Crippen LogP contribution in [-0.4, -0.2) is 47.0 Å². The number of benzene rings is 1. The first kappa shape index (κ1) is 25.9. The molecule has 0 atom stereocenters. The lowest BCUT2D eigenvalue weighted by Crippen LogP contribution is -2.49. The van der Waals surface area contributed by atoms with Crippen LogP contribution in [0.4, 0.5) is 18.9 Å². The van der Waals surface area contributed by atoms with Crippen LogP contribution in [0.1, 0.15) is 68.7 Å². The Morgan fingerprint density at radius 2 is 1.44 bits per heavy atom. The first-order valence-electron chi connectivity index (χ1n) is 12.2. The molecule has 5 nitrogen and oxygen atoms in total. The smallest absolute Gasteiger partial charge is 0.368 e. The summed E-state index contributed by atoms with van der Waals surface area (Å²) >= 11 is 0. The van der Waals surface area contributed by atoms with Gasteiger partial charge in [-0.2, -0.15) is 13.2 Å². The van der Waals surface area contributed by atoms with Gasteiger partial charge in [0.25, 0.3) is 5.91 Å². The highest BCUT2D eigenvalue weighted by Crippen LogP contribution is 2.35. The van der Waals surface area contributed by atoms with E-state index >= 15 is 0 Å². The van der Waals surface area contributed by atoms with Gasteiger partial charge in [-0.3, -0.25) is 4.79 Å². The van der Waals surface area contributed by atoms with Gasteiger partial charge < -0.3 is 9.80 Å². The lowest BCUT2D eigenvalue weighted by atomic mass is 9.80. The van der Waals surface area contributed by atoms with Crippen molar-refractivity contribution >= 4 is 22.6 Å². The fourth-order valence-corrected chi connectivity index (χ4v) is 4.38. The summed E-state index contributed by atoms with van der Waals surface area (Å²) in [6, 6.07) is 11.1. The zero-order valence-corrected chi connectivity index (χ0v) is 21.7. The average molecular weight is 499 g/mol. The van der Waals surface area contributed by atoms with Gasteiger partial charge in [0.05, 0.1) is 5.56 Å². The second kappa shape index (κ2) is 9.05. The molecule has 2 aromatic heterocycles. The Morgan fingerprint density at radius 1 is 0.861 bits per heavy atom. The predicted molar refractivity (Wildman–Crippen MR) is 136 cm³/mol. The number of fused-ring (bicyclic) bond motifs is 1. The Kier molecular flexibility index (Phi) is 6.52. The van der Waals surface area contributed by atoms with E-state index in [1.807, 2.05) is 0 Å². The maximum atomic E-state index is 13.8. The lowest BCUT2D eigenvalue weighted by Gasteiger charge is -2.37. The first-order valence-corrected chi connectivity index (χ1v) is 12.2. The van der Waals surface area contributed by atoms with Gasteiger partial charge in [-0.05, 0) is 52.3 Å². The number of hydrogen-bond donors (Lipinski definition) is 0. The van der Waals surface area contributed by atoms with Gasteiger partial charge in [-0.15, -0.1) is 0 Å². The van der Waals surface area contributed by atoms with E-state index in [2.05, 4.69) is 74.6 Å². The average Bonchev–Trinajstić information content (AvgIpc) is 2.81. The minimum Gasteiger partial charge on any atom is -0.368 e. The zero-order valence-electron chi connectivity index (χ0n) is 21.7. The lowest BCUT2D eigenvalue weighted by molar-refractivity contribution is -0.141. The molecule has 1 saturated heterocycles. The van der Waals surface area contributed by atoms with Crippen molar-refractivity contribution in [3.8, 4) is 0 Å². The number of aromatic nitrogens is 2. The number of halogens is 3. The fourth-order valence-electron chi connectivity index (χ4n) is 4.38. The van der Waals surface area contributed by atoms with Gasteiger partial charge in [0.2, 0.25) is 0 Å². The number of rotatable bonds is 2. The Bertz CT molecular complexity index is 1250. The maximum Gasteiger partial charge on any atom is 0.434 e. The molecular weight excluding hydrogens is 465 g/mol. The van der Waals surface area contributed by atoms with Crippen LogP contribution in [0.15, 0.2) is 42.6 Å². The molecule has 3 aromatic rings. The highest BCUT2D eigenvalue weighted by atomic mass is 19.4. The number of piperazine rings is 1. The molecule has 1 aliphatic rings. The number of nitrogens with zero attached hydrogens (tertiary/aromatic N) is 4. The van der Waals surface area contributed by atoms with Crippen LogP contribution in [0.25, 0.3) is 11.0 Å². The van der Waals surface area contributed by atoms with E-state index in [1.165, 1.54) is 28.3 Å². The molecule has 1 aromatic carbocycles. The number of hydrogen-bond acceptors (Lipinski definition) is 4. The number of amides is 1. The summed E-state index contributed by atoms with van der Waals surface area (Å²) in [6.45, 7) is 14.8. The summed E-state index contributed by atoms with van der Waals surface area (Å²) in [6.07, 6.45) is -3.37. The number of anilines is 1. The molecule has 1 fully saturated rings. The SMILES string of the molecule is CC(C)(C)c1cc(N2CCN(C(=O)c3cc4cccnc4nc3C(F)(F)F)CC2)cc(C(C)(C)C)c1. The summed E-state index contributed by atoms with van der Waals surface area (Å²) in [4.78, 5) is 24.6. The normalized spacial score (nSPS) is 15.5. The van der Waals surface area contributed by atoms with Crippen molar-refractivity contribution in [3.05, 3.63) is 65.0 Å². The molecule has 0 bridgehead atoms. The third kappa shape index (κ3) is 5.32. The summed E-state index contributed by atoms with van der Waals surface area (Å²) in [5.74, 6) is -0.654. The van der Waals surface area contributed by atoms with Gasteiger partial charge in [0, 0.05) is 43.4 Å². The van der Waals surface area contributed by atoms with Crippen LogP contribution in [0.5, 0.6) is 0 Å². The fraction of sp³-hybridized carbons (Fsp3) is 0.464. The van der Waals surface area contributed by atoms with Crippen molar-refractivity contribution in [2.45, 2.75) is 58.5 Å². The Labute approximate surface area is 210 Å². The molecule has 3 heterocycles. The Balaban J connectivity index is 1.60. The van der Waals surface area contributed by atoms with Crippen molar-refractivity contribution in [2.24, 2.45) is 0 Å². The van der Waals surface area contributed by atoms with Gasteiger partial charge in [-0.25, -0.2) is 9.97 Å². The second-order valence-corrected chi connectivity index (χ2v) is 11.5. The summed E-state index contributed by atoms with van der Waals surface area (Å²) in [5.41, 5.74) is 1.84. The molecule has 1 aliphatic heterocycles. The van der Waals surface area contributed by atoms with Crippen LogP contribution < -0.4 is 4.90 Å². The largest absolute Gasteiger partial charge is 0.434 e. The van der Waals surface area contributed by atoms with Gasteiger partial charge in [0.1, 0.15) is 0 Å². The number of alkyl halides is 3. The van der Waals surface area contributed by atoms with Crippen LogP contribution in [-0.2, 0) is 17.0 Å². The summed E-state index contributed by atoms with van der Waals surface area (Å²) < 4.78 is 41.4. The van der Waals surface area contributed by atoms with E-state index in [9.17, 15) is 18.0 Å². The molecule has 192 valence electrons. The number of pyridine rings is 2. The van der Waals surface area contributed by atoms with Gasteiger partial charge in [0.15, 0.2) is 11.3 Å². The van der Waals surface area contributed by atoms with E-state index < -0.39 is 23.3 Å². The van der Waals surface area contributed by atoms with Crippen molar-refractivity contribution in [2.75, 3.05) is 31.1 Å². The predicted octanol–water partition coefficient (Wildman–Crippen LogP) is 6.21. The van der Waals surface area contributed by atoms with Crippen molar-refractivity contribution in [1.82, 2.24) is 14.9 Å². The molecule has 4 rings (SSSR count). The van der Waals surface area contributed by atoms with Crippen molar-refractivity contribution < 1.29 is 18.0 Å². The van der Waals surface area contributed by atoms with Gasteiger partial charge >= 0.3 is 6.18 Å². The third-order valence-corrected chi connectivity index (χ3v) is 6.67. The molecule has 0 unspecified atom stereocenters. The molecule has 0 aliphatic carbocycles. The monoisotopic (exact) mass is 498 g/mol. The molecular formula is C28H33F3N4O. The van der Waals surface area contributed by atoms with E-state index in [4.69, 9.17) is 0 Å². The van der Waals surface area contributed by atoms with Crippen molar-refractivity contribution in [1.29, 1.82) is 0 Å². The molecule has 0 spiro atoms. The summed E-state index contributed by atoms with van der Waals surface area (Å²) in [7, 11) is 0. The van der Waals surface area contributed by atoms with Gasteiger partial charge in [-0.1, -0.05) is 47.6 Å². The molecule has 36 heavy (non-hydrogen) atoms. The van der Waals surface area contributed by atoms with Crippen LogP contribution >= 0.6 is 0 Å². The second-order valence-electron chi connectivity index (χ2n) is 11.5. The van der Waals surface area contributed by atoms with Crippen LogP contribution in [0.3, 0.4) is 0 Å². The molecule has 1 amide bonds. The Hall–Kier alpha value is -3.16. The van der Waals surface area contributed by atoms with Crippen molar-refractivity contribution in [3.63, 3.8) is 0 Å². The van der Waals surface area contributed by atoms with Crippen LogP contribution in [0.2, 0.25) is 0 Å². The molecule has 0 saturated carbocycles. The first-order chi connectivity index (χ1) is 16.6. The molecule has 0 radical (unpaired) electrons. The standard InChI is InChI=1S/C28H33F3N4O/c1-26(2,3)19-15-20(27(4,5)6)17-21(16-19)34-10-12-35(13-11-34)25(36)22-14-18-8-7-9-32-24(18)33-23(22)28(29,30)31/h7-9,14-17H,10-13H2,1-6H3. The maximum absolute atomic E-state index is 13.8. The Morgan fingerprint density at radius 3 is 1.97 bits per heavy atom. The van der Waals surface area contributed by atoms with E-state index in [-0.39, 0.29) is 16.5 Å². The topological polar surface area (TPSA) is 49.3 Å². The molecule has 8 heteroatoms. The van der Waals surface area contributed by atoms with E-state index in [0.29, 0.717) is 31.6 Å². The minimum absolute atomic E-state index is 0.0280. The van der Waals surface area contributed by atoms with Crippen LogP contribution in [0, 0.1) is 0 Å². The summed E-state index contributed by atoms with van der Waals surface area (Å²) in [5, 5.41) is 0.404. The number of carbonyl (C=O) groups is 1. The van der Waals surface area contributed by atoms with E-state index in [1.54, 1.807) is 12.1 Å². The van der Waals surface area contributed by atoms with E-state index in [0.717, 1.165) is 5.69 Å². The highest BCUT2D eigenvalue weighted by molar-refractivity contribution is 5.98. The molecule has 0 N–H and O–H groups in total. The highest BCUT2D eigenvalue weighted by Gasteiger charge is 2.39. The zero-order chi connectivity index (χ0) is 26.5. The minimum atomic E-state index is -4.75. The quantitative estimate of drug-likeness (QED) is 0.422.